The minimum absolute atomic E-state index is 0.139. The van der Waals surface area contributed by atoms with E-state index in [9.17, 15) is 0 Å². The lowest BCUT2D eigenvalue weighted by Gasteiger charge is -2.15. The Bertz CT molecular complexity index is 499. The Labute approximate surface area is 116 Å². The summed E-state index contributed by atoms with van der Waals surface area (Å²) in [5.74, 6) is 0. The third kappa shape index (κ3) is 3.45. The summed E-state index contributed by atoms with van der Waals surface area (Å²) in [5, 5.41) is 12.4. The zero-order valence-corrected chi connectivity index (χ0v) is 11.5. The molecule has 2 rings (SSSR count). The lowest BCUT2D eigenvalue weighted by Crippen LogP contribution is -2.23. The zero-order chi connectivity index (χ0) is 13.0. The van der Waals surface area contributed by atoms with E-state index in [-0.39, 0.29) is 6.04 Å². The standard InChI is InChI=1S/C12H14Cl2N4/c1-9(11-8-10(13)2-3-12(11)14)15-4-6-18-7-5-16-17-18/h2-3,5,7-9,15H,4,6H2,1H3. The summed E-state index contributed by atoms with van der Waals surface area (Å²) < 4.78 is 1.78. The van der Waals surface area contributed by atoms with Crippen LogP contribution in [0.25, 0.3) is 0 Å². The quantitative estimate of drug-likeness (QED) is 0.918. The molecule has 1 heterocycles. The highest BCUT2D eigenvalue weighted by atomic mass is 35.5. The van der Waals surface area contributed by atoms with E-state index in [4.69, 9.17) is 23.2 Å². The number of hydrogen-bond acceptors (Lipinski definition) is 3. The van der Waals surface area contributed by atoms with Crippen molar-refractivity contribution in [1.29, 1.82) is 0 Å². The Morgan fingerprint density at radius 1 is 1.39 bits per heavy atom. The van der Waals surface area contributed by atoms with Gasteiger partial charge < -0.3 is 5.32 Å². The highest BCUT2D eigenvalue weighted by Gasteiger charge is 2.09. The van der Waals surface area contributed by atoms with E-state index in [0.717, 1.165) is 23.7 Å². The van der Waals surface area contributed by atoms with Crippen LogP contribution in [0.15, 0.2) is 30.6 Å². The summed E-state index contributed by atoms with van der Waals surface area (Å²) in [6.45, 7) is 3.61. The number of nitrogens with zero attached hydrogens (tertiary/aromatic N) is 3. The summed E-state index contributed by atoms with van der Waals surface area (Å²) in [4.78, 5) is 0. The first-order valence-electron chi connectivity index (χ1n) is 5.69. The van der Waals surface area contributed by atoms with Gasteiger partial charge in [-0.1, -0.05) is 28.4 Å². The van der Waals surface area contributed by atoms with Gasteiger partial charge in [-0.25, -0.2) is 0 Å². The summed E-state index contributed by atoms with van der Waals surface area (Å²) >= 11 is 12.1. The second kappa shape index (κ2) is 6.18. The first kappa shape index (κ1) is 13.3. The highest BCUT2D eigenvalue weighted by Crippen LogP contribution is 2.25. The summed E-state index contributed by atoms with van der Waals surface area (Å²) in [5.41, 5.74) is 1.00. The second-order valence-electron chi connectivity index (χ2n) is 4.01. The van der Waals surface area contributed by atoms with Gasteiger partial charge >= 0.3 is 0 Å². The molecule has 4 nitrogen and oxygen atoms in total. The number of rotatable bonds is 5. The molecule has 0 spiro atoms. The van der Waals surface area contributed by atoms with Gasteiger partial charge in [-0.15, -0.1) is 5.10 Å². The molecule has 0 bridgehead atoms. The van der Waals surface area contributed by atoms with Crippen molar-refractivity contribution in [3.63, 3.8) is 0 Å². The molecular formula is C12H14Cl2N4. The van der Waals surface area contributed by atoms with E-state index in [2.05, 4.69) is 22.6 Å². The third-order valence-electron chi connectivity index (χ3n) is 2.69. The Kier molecular flexibility index (Phi) is 4.58. The van der Waals surface area contributed by atoms with Crippen LogP contribution in [0.5, 0.6) is 0 Å². The van der Waals surface area contributed by atoms with Gasteiger partial charge in [-0.05, 0) is 30.7 Å². The molecule has 1 aromatic heterocycles. The van der Waals surface area contributed by atoms with Gasteiger partial charge in [0, 0.05) is 28.8 Å². The summed E-state index contributed by atoms with van der Waals surface area (Å²) in [6, 6.07) is 5.63. The van der Waals surface area contributed by atoms with E-state index >= 15 is 0 Å². The van der Waals surface area contributed by atoms with Crippen molar-refractivity contribution in [2.75, 3.05) is 6.54 Å². The van der Waals surface area contributed by atoms with E-state index in [1.165, 1.54) is 0 Å². The second-order valence-corrected chi connectivity index (χ2v) is 4.85. The van der Waals surface area contributed by atoms with Gasteiger partial charge in [0.15, 0.2) is 0 Å². The molecule has 0 saturated heterocycles. The molecular weight excluding hydrogens is 271 g/mol. The van der Waals surface area contributed by atoms with E-state index in [1.54, 1.807) is 16.9 Å². The molecule has 1 N–H and O–H groups in total. The van der Waals surface area contributed by atoms with Gasteiger partial charge in [0.2, 0.25) is 0 Å². The maximum Gasteiger partial charge on any atom is 0.0692 e. The molecule has 0 radical (unpaired) electrons. The van der Waals surface area contributed by atoms with Crippen LogP contribution in [0, 0.1) is 0 Å². The Morgan fingerprint density at radius 2 is 2.22 bits per heavy atom. The van der Waals surface area contributed by atoms with Gasteiger partial charge in [-0.3, -0.25) is 4.68 Å². The van der Waals surface area contributed by atoms with Crippen molar-refractivity contribution < 1.29 is 0 Å². The van der Waals surface area contributed by atoms with Crippen LogP contribution in [0.4, 0.5) is 0 Å². The fourth-order valence-electron chi connectivity index (χ4n) is 1.70. The van der Waals surface area contributed by atoms with Crippen molar-refractivity contribution >= 4 is 23.2 Å². The zero-order valence-electron chi connectivity index (χ0n) is 9.98. The van der Waals surface area contributed by atoms with Crippen molar-refractivity contribution in [3.8, 4) is 0 Å². The van der Waals surface area contributed by atoms with Crippen LogP contribution in [0.1, 0.15) is 18.5 Å². The SMILES string of the molecule is CC(NCCn1ccnn1)c1cc(Cl)ccc1Cl. The van der Waals surface area contributed by atoms with Gasteiger partial charge in [0.1, 0.15) is 0 Å². The molecule has 18 heavy (non-hydrogen) atoms. The minimum atomic E-state index is 0.139. The van der Waals surface area contributed by atoms with Crippen LogP contribution in [-0.4, -0.2) is 21.5 Å². The molecule has 0 aliphatic heterocycles. The predicted molar refractivity (Wildman–Crippen MR) is 72.9 cm³/mol. The average Bonchev–Trinajstić information content (AvgIpc) is 2.85. The van der Waals surface area contributed by atoms with Crippen molar-refractivity contribution in [3.05, 3.63) is 46.2 Å². The topological polar surface area (TPSA) is 42.7 Å². The molecule has 1 aromatic carbocycles. The number of hydrogen-bond donors (Lipinski definition) is 1. The lowest BCUT2D eigenvalue weighted by molar-refractivity contribution is 0.499. The molecule has 0 saturated carbocycles. The van der Waals surface area contributed by atoms with Gasteiger partial charge in [-0.2, -0.15) is 0 Å². The molecule has 1 atom stereocenters. The molecule has 6 heteroatoms. The van der Waals surface area contributed by atoms with E-state index in [0.29, 0.717) is 5.02 Å². The largest absolute Gasteiger partial charge is 0.308 e. The first-order valence-corrected chi connectivity index (χ1v) is 6.45. The first-order chi connectivity index (χ1) is 8.66. The molecule has 0 aliphatic rings. The smallest absolute Gasteiger partial charge is 0.0692 e. The van der Waals surface area contributed by atoms with Crippen LogP contribution < -0.4 is 5.32 Å². The van der Waals surface area contributed by atoms with Crippen LogP contribution in [0.2, 0.25) is 10.0 Å². The molecule has 96 valence electrons. The summed E-state index contributed by atoms with van der Waals surface area (Å²) in [6.07, 6.45) is 3.50. The van der Waals surface area contributed by atoms with Crippen LogP contribution >= 0.6 is 23.2 Å². The predicted octanol–water partition coefficient (Wildman–Crippen LogP) is 2.94. The minimum Gasteiger partial charge on any atom is -0.308 e. The Hall–Kier alpha value is -1.10. The molecule has 0 amide bonds. The van der Waals surface area contributed by atoms with Crippen LogP contribution in [0.3, 0.4) is 0 Å². The monoisotopic (exact) mass is 284 g/mol. The summed E-state index contributed by atoms with van der Waals surface area (Å²) in [7, 11) is 0. The highest BCUT2D eigenvalue weighted by molar-refractivity contribution is 6.33. The maximum atomic E-state index is 6.14. The average molecular weight is 285 g/mol. The molecule has 2 aromatic rings. The normalized spacial score (nSPS) is 12.6. The molecule has 0 aliphatic carbocycles. The number of benzene rings is 1. The van der Waals surface area contributed by atoms with Gasteiger partial charge in [0.05, 0.1) is 12.7 Å². The van der Waals surface area contributed by atoms with Crippen molar-refractivity contribution in [2.45, 2.75) is 19.5 Å². The number of halogens is 2. The Morgan fingerprint density at radius 3 is 2.94 bits per heavy atom. The van der Waals surface area contributed by atoms with Crippen molar-refractivity contribution in [2.24, 2.45) is 0 Å². The number of nitrogens with one attached hydrogen (secondary N) is 1. The molecule has 1 unspecified atom stereocenters. The fourth-order valence-corrected chi connectivity index (χ4v) is 2.17. The van der Waals surface area contributed by atoms with E-state index < -0.39 is 0 Å². The van der Waals surface area contributed by atoms with Gasteiger partial charge in [0.25, 0.3) is 0 Å². The lowest BCUT2D eigenvalue weighted by atomic mass is 10.1. The van der Waals surface area contributed by atoms with Crippen molar-refractivity contribution in [1.82, 2.24) is 20.3 Å². The molecule has 0 fully saturated rings. The number of aromatic nitrogens is 3. The maximum absolute atomic E-state index is 6.14. The van der Waals surface area contributed by atoms with Crippen LogP contribution in [-0.2, 0) is 6.54 Å². The third-order valence-corrected chi connectivity index (χ3v) is 3.27. The Balaban J connectivity index is 1.91. The van der Waals surface area contributed by atoms with E-state index in [1.807, 2.05) is 18.3 Å². The fraction of sp³-hybridized carbons (Fsp3) is 0.333.